The number of nitrogens with zero attached hydrogens (tertiary/aromatic N) is 7. The third-order valence-electron chi connectivity index (χ3n) is 23.8. The van der Waals surface area contributed by atoms with E-state index in [9.17, 15) is 0 Å². The predicted molar refractivity (Wildman–Crippen MR) is 503 cm³/mol. The highest BCUT2D eigenvalue weighted by Crippen LogP contribution is 2.49. The molecule has 0 spiro atoms. The molecule has 0 radical (unpaired) electrons. The molecule has 18 aromatic carbocycles. The van der Waals surface area contributed by atoms with Gasteiger partial charge in [0.15, 0.2) is 11.6 Å². The van der Waals surface area contributed by atoms with E-state index >= 15 is 0 Å². The number of fused-ring (bicyclic) bond motifs is 25. The van der Waals surface area contributed by atoms with E-state index in [2.05, 4.69) is 369 Å². The van der Waals surface area contributed by atoms with Gasteiger partial charge in [-0.15, -0.1) is 22.7 Å². The van der Waals surface area contributed by atoms with Crippen LogP contribution in [0.5, 0.6) is 0 Å². The lowest BCUT2D eigenvalue weighted by Gasteiger charge is -2.14. The van der Waals surface area contributed by atoms with Gasteiger partial charge in [-0.2, -0.15) is 0 Å². The van der Waals surface area contributed by atoms with E-state index in [1.807, 2.05) is 53.0 Å². The number of thiophene rings is 2. The van der Waals surface area contributed by atoms with Gasteiger partial charge in [0.1, 0.15) is 5.82 Å². The number of para-hydroxylation sites is 3. The van der Waals surface area contributed by atoms with Crippen LogP contribution in [-0.4, -0.2) is 34.5 Å². The maximum Gasteiger partial charge on any atom is 0.162 e. The molecule has 7 aromatic heterocycles. The Bertz CT molecular complexity index is 8320. The van der Waals surface area contributed by atoms with Crippen LogP contribution >= 0.6 is 22.7 Å². The van der Waals surface area contributed by atoms with Gasteiger partial charge < -0.3 is 0 Å². The van der Waals surface area contributed by atoms with Gasteiger partial charge in [-0.25, -0.2) is 29.9 Å². The molecule has 7 heterocycles. The van der Waals surface area contributed by atoms with Crippen molar-refractivity contribution in [1.82, 2.24) is 34.5 Å². The van der Waals surface area contributed by atoms with Gasteiger partial charge in [0, 0.05) is 107 Å². The van der Waals surface area contributed by atoms with Crippen LogP contribution in [0, 0.1) is 0 Å². The lowest BCUT2D eigenvalue weighted by molar-refractivity contribution is 1.05. The summed E-state index contributed by atoms with van der Waals surface area (Å²) in [5.41, 5.74) is 18.0. The molecule has 0 aliphatic carbocycles. The number of aromatic nitrogens is 7. The zero-order chi connectivity index (χ0) is 78.2. The standard InChI is InChI=1S/C55H32N4S.C55H33N3S/c1-2-14-33(15-3-1)46-32-51(59-48-23-11-8-20-41(48)42-21-9-12-24-49(42)59)58-55(57-46)35-27-29-43-47(31-35)56-53(52-44-22-10-13-25-50(44)60-54(43)52)34-26-28-40-38-18-5-4-16-36(38)37-17-6-7-19-39(37)45(40)30-34;1-3-15-34(16-4-1)48-33-49(57-55(56-48)35-17-5-2-6-18-35)44-26-14-27-46-53(44)58-52(51-45-25-11-12-28-50(45)59-54(46)51)38-20-13-19-36(31-38)37-29-30-43-41-23-8-7-21-39(41)40-22-9-10-24-42(40)47(43)32-37/h1-32H;1-33H. The molecular formula is C110H65N7S2. The fourth-order valence-electron chi connectivity index (χ4n) is 18.4. The number of hydrogen-bond donors (Lipinski definition) is 0. The zero-order valence-electron chi connectivity index (χ0n) is 64.0. The highest BCUT2D eigenvalue weighted by Gasteiger charge is 2.25. The smallest absolute Gasteiger partial charge is 0.162 e. The second-order valence-corrected chi connectivity index (χ2v) is 32.7. The SMILES string of the molecule is c1ccc(-c2cc(-c3cccc4c3nc(-c3cccc(-c5ccc6c7ccccc7c7ccccc7c6c5)c3)c3c5ccccc5sc43)nc(-c3ccccc3)n2)cc1.c1ccc(-c2cc(-n3c4ccccc4c4ccccc43)nc(-c3ccc4c(c3)nc(-c3ccc5c6ccccc6c6ccccc6c5c3)c3c5ccccc5sc43)n2)cc1. The molecule has 25 rings (SSSR count). The van der Waals surface area contributed by atoms with Gasteiger partial charge in [-0.05, 0) is 130 Å². The normalized spacial score (nSPS) is 11.9. The highest BCUT2D eigenvalue weighted by molar-refractivity contribution is 7.27. The summed E-state index contributed by atoms with van der Waals surface area (Å²) in [6.45, 7) is 0. The minimum absolute atomic E-state index is 0.652. The molecule has 9 heteroatoms. The van der Waals surface area contributed by atoms with Crippen molar-refractivity contribution < 1.29 is 0 Å². The topological polar surface area (TPSA) is 82.3 Å². The maximum absolute atomic E-state index is 5.68. The minimum Gasteiger partial charge on any atom is -0.294 e. The van der Waals surface area contributed by atoms with Crippen molar-refractivity contribution in [2.24, 2.45) is 0 Å². The summed E-state index contributed by atoms with van der Waals surface area (Å²) >= 11 is 3.67. The number of rotatable bonds is 9. The third-order valence-corrected chi connectivity index (χ3v) is 26.2. The van der Waals surface area contributed by atoms with Crippen molar-refractivity contribution in [2.45, 2.75) is 0 Å². The van der Waals surface area contributed by atoms with Gasteiger partial charge in [0.05, 0.1) is 50.5 Å². The summed E-state index contributed by atoms with van der Waals surface area (Å²) in [6, 6.07) is 141. The summed E-state index contributed by atoms with van der Waals surface area (Å²) in [5.74, 6) is 2.16. The molecule has 552 valence electrons. The van der Waals surface area contributed by atoms with E-state index in [1.54, 1.807) is 0 Å². The van der Waals surface area contributed by atoms with Crippen LogP contribution in [0.25, 0.3) is 245 Å². The summed E-state index contributed by atoms with van der Waals surface area (Å²) in [5, 5.41) is 24.6. The fraction of sp³-hybridized carbons (Fsp3) is 0. The molecular weight excluding hydrogens is 1480 g/mol. The van der Waals surface area contributed by atoms with Crippen LogP contribution in [0.2, 0.25) is 0 Å². The summed E-state index contributed by atoms with van der Waals surface area (Å²) in [7, 11) is 0. The highest BCUT2D eigenvalue weighted by atomic mass is 32.1. The van der Waals surface area contributed by atoms with E-state index in [4.69, 9.17) is 29.9 Å². The Morgan fingerprint density at radius 3 is 1.13 bits per heavy atom. The molecule has 0 saturated carbocycles. The molecule has 25 aromatic rings. The lowest BCUT2D eigenvalue weighted by atomic mass is 9.91. The van der Waals surface area contributed by atoms with Gasteiger partial charge in [-0.3, -0.25) is 4.57 Å². The molecule has 0 unspecified atom stereocenters. The zero-order valence-corrected chi connectivity index (χ0v) is 65.6. The molecule has 0 aliphatic heterocycles. The first-order valence-corrected chi connectivity index (χ1v) is 41.8. The quantitative estimate of drug-likeness (QED) is 0.134. The lowest BCUT2D eigenvalue weighted by Crippen LogP contribution is -2.02. The Morgan fingerprint density at radius 2 is 0.571 bits per heavy atom. The van der Waals surface area contributed by atoms with Crippen LogP contribution in [0.3, 0.4) is 0 Å². The van der Waals surface area contributed by atoms with E-state index in [0.717, 1.165) is 112 Å². The van der Waals surface area contributed by atoms with Crippen molar-refractivity contribution in [3.63, 3.8) is 0 Å². The Kier molecular flexibility index (Phi) is 15.9. The summed E-state index contributed by atoms with van der Waals surface area (Å²) in [4.78, 5) is 32.3. The number of benzene rings is 18. The summed E-state index contributed by atoms with van der Waals surface area (Å²) in [6.07, 6.45) is 0. The molecule has 0 amide bonds. The van der Waals surface area contributed by atoms with Crippen molar-refractivity contribution in [2.75, 3.05) is 0 Å². The monoisotopic (exact) mass is 1550 g/mol. The Hall–Kier alpha value is -15.3. The van der Waals surface area contributed by atoms with Crippen LogP contribution < -0.4 is 0 Å². The van der Waals surface area contributed by atoms with Gasteiger partial charge in [0.2, 0.25) is 0 Å². The van der Waals surface area contributed by atoms with E-state index in [1.165, 1.54) is 121 Å². The fourth-order valence-corrected chi connectivity index (χ4v) is 20.8. The van der Waals surface area contributed by atoms with Crippen molar-refractivity contribution in [3.8, 4) is 96.0 Å². The maximum atomic E-state index is 5.68. The number of hydrogen-bond acceptors (Lipinski definition) is 8. The van der Waals surface area contributed by atoms with Crippen LogP contribution in [-0.2, 0) is 0 Å². The van der Waals surface area contributed by atoms with Crippen molar-refractivity contribution >= 4 is 171 Å². The molecule has 0 saturated heterocycles. The second-order valence-electron chi connectivity index (χ2n) is 30.6. The average molecular weight is 1550 g/mol. The number of pyridine rings is 2. The largest absolute Gasteiger partial charge is 0.294 e. The van der Waals surface area contributed by atoms with Gasteiger partial charge >= 0.3 is 0 Å². The van der Waals surface area contributed by atoms with Crippen molar-refractivity contribution in [3.05, 3.63) is 394 Å². The van der Waals surface area contributed by atoms with Gasteiger partial charge in [0.25, 0.3) is 0 Å². The Labute approximate surface area is 691 Å². The molecule has 119 heavy (non-hydrogen) atoms. The van der Waals surface area contributed by atoms with Crippen molar-refractivity contribution in [1.29, 1.82) is 0 Å². The van der Waals surface area contributed by atoms with Gasteiger partial charge in [-0.1, -0.05) is 334 Å². The van der Waals surface area contributed by atoms with E-state index in [-0.39, 0.29) is 0 Å². The molecule has 0 bridgehead atoms. The first-order valence-electron chi connectivity index (χ1n) is 40.2. The Morgan fingerprint density at radius 1 is 0.202 bits per heavy atom. The molecule has 0 atom stereocenters. The van der Waals surface area contributed by atoms with E-state index in [0.29, 0.717) is 11.6 Å². The molecule has 7 nitrogen and oxygen atoms in total. The first kappa shape index (κ1) is 68.2. The Balaban J connectivity index is 0.000000136. The minimum atomic E-state index is 0.652. The van der Waals surface area contributed by atoms with Crippen LogP contribution in [0.4, 0.5) is 0 Å². The molecule has 0 fully saturated rings. The van der Waals surface area contributed by atoms with E-state index < -0.39 is 0 Å². The summed E-state index contributed by atoms with van der Waals surface area (Å²) < 4.78 is 7.22. The predicted octanol–water partition coefficient (Wildman–Crippen LogP) is 30.1. The third kappa shape index (κ3) is 11.3. The van der Waals surface area contributed by atoms with Crippen LogP contribution in [0.15, 0.2) is 394 Å². The molecule has 0 N–H and O–H groups in total. The second kappa shape index (κ2) is 27.8. The van der Waals surface area contributed by atoms with Crippen LogP contribution in [0.1, 0.15) is 0 Å². The average Bonchev–Trinajstić information content (AvgIpc) is 1.70. The first-order chi connectivity index (χ1) is 59.0. The molecule has 0 aliphatic rings.